The number of ether oxygens (including phenoxy) is 9. The van der Waals surface area contributed by atoms with E-state index in [0.717, 1.165) is 38.5 Å². The highest BCUT2D eigenvalue weighted by Crippen LogP contribution is 2.42. The SMILES string of the molecule is CC1O[C@@H](OC2C(n3cc(-c4ccccc4)nn3)CC(CO[C@H]3OC(CO)[C@@H](O)C(OCc4cc5ccccc5oc4=O)C3O)C[C@H]2O[C@@H]2OC(CO)[C@H](O)C(O[C@@H](CC3CCCCC3)C(=O)N3CCC3)C2OC(=O)c2ccccc2)C(O)C(O)[C@@H]1O. The predicted octanol–water partition coefficient (Wildman–Crippen LogP) is 1.90. The first-order valence-electron chi connectivity index (χ1n) is 30.2. The maximum Gasteiger partial charge on any atom is 0.341 e. The molecule has 6 heterocycles. The van der Waals surface area contributed by atoms with Gasteiger partial charge in [0.25, 0.3) is 5.91 Å². The number of hydrogen-bond acceptors (Lipinski definition) is 23. The van der Waals surface area contributed by atoms with Crippen LogP contribution >= 0.6 is 0 Å². The minimum atomic E-state index is -1.82. The second-order valence-corrected chi connectivity index (χ2v) is 23.7. The van der Waals surface area contributed by atoms with Crippen LogP contribution in [-0.4, -0.2) is 216 Å². The zero-order chi connectivity index (χ0) is 60.9. The maximum atomic E-state index is 14.4. The number of aliphatic hydroxyl groups excluding tert-OH is 8. The number of aliphatic hydroxyl groups is 8. The topological polar surface area (TPSA) is 343 Å². The van der Waals surface area contributed by atoms with Crippen LogP contribution in [0.5, 0.6) is 0 Å². The van der Waals surface area contributed by atoms with Crippen molar-refractivity contribution < 1.29 is 97.5 Å². The van der Waals surface area contributed by atoms with Gasteiger partial charge in [0.2, 0.25) is 0 Å². The summed E-state index contributed by atoms with van der Waals surface area (Å²) >= 11 is 0. The largest absolute Gasteiger partial charge is 0.450 e. The Morgan fingerprint density at radius 1 is 0.678 bits per heavy atom. The second kappa shape index (κ2) is 28.4. The number of hydrogen-bond donors (Lipinski definition) is 8. The van der Waals surface area contributed by atoms with Crippen LogP contribution in [0.1, 0.15) is 86.7 Å². The molecule has 0 radical (unpaired) electrons. The van der Waals surface area contributed by atoms with E-state index >= 15 is 0 Å². The first-order valence-corrected chi connectivity index (χ1v) is 30.2. The van der Waals surface area contributed by atoms with Gasteiger partial charge in [0.1, 0.15) is 84.5 Å². The monoisotopic (exact) mass is 1210 g/mol. The molecule has 4 saturated heterocycles. The number of rotatable bonds is 21. The summed E-state index contributed by atoms with van der Waals surface area (Å²) in [6, 6.07) is 24.7. The molecule has 12 unspecified atom stereocenters. The third kappa shape index (κ3) is 14.2. The summed E-state index contributed by atoms with van der Waals surface area (Å²) in [5, 5.41) is 100. The summed E-state index contributed by atoms with van der Waals surface area (Å²) in [5.74, 6) is -1.71. The second-order valence-electron chi connectivity index (χ2n) is 23.7. The molecule has 1 amide bonds. The van der Waals surface area contributed by atoms with Gasteiger partial charge in [-0.05, 0) is 68.7 Å². The first kappa shape index (κ1) is 62.9. The molecule has 2 aromatic heterocycles. The molecule has 3 aromatic carbocycles. The van der Waals surface area contributed by atoms with Crippen LogP contribution in [-0.2, 0) is 54.0 Å². The molecule has 4 aliphatic heterocycles. The van der Waals surface area contributed by atoms with Gasteiger partial charge in [-0.25, -0.2) is 14.3 Å². The van der Waals surface area contributed by atoms with Crippen LogP contribution < -0.4 is 5.63 Å². The Morgan fingerprint density at radius 2 is 1.37 bits per heavy atom. The van der Waals surface area contributed by atoms with Crippen molar-refractivity contribution in [3.05, 3.63) is 119 Å². The summed E-state index contributed by atoms with van der Waals surface area (Å²) in [5.41, 5.74) is 1.03. The minimum absolute atomic E-state index is 0.0632. The lowest BCUT2D eigenvalue weighted by Gasteiger charge is -2.49. The van der Waals surface area contributed by atoms with E-state index in [-0.39, 0.29) is 42.4 Å². The lowest BCUT2D eigenvalue weighted by molar-refractivity contribution is -0.350. The number of aromatic nitrogens is 3. The number of carbonyl (C=O) groups excluding carboxylic acids is 2. The Balaban J connectivity index is 0.945. The molecule has 25 heteroatoms. The van der Waals surface area contributed by atoms with Crippen molar-refractivity contribution in [1.82, 2.24) is 19.9 Å². The zero-order valence-electron chi connectivity index (χ0n) is 48.1. The summed E-state index contributed by atoms with van der Waals surface area (Å²) in [6.45, 7) is 0.346. The van der Waals surface area contributed by atoms with Crippen molar-refractivity contribution >= 4 is 22.8 Å². The molecule has 11 rings (SSSR count). The van der Waals surface area contributed by atoms with E-state index in [2.05, 4.69) is 10.3 Å². The van der Waals surface area contributed by atoms with E-state index in [9.17, 15) is 55.2 Å². The lowest BCUT2D eigenvalue weighted by atomic mass is 9.81. The highest BCUT2D eigenvalue weighted by molar-refractivity contribution is 5.89. The Morgan fingerprint density at radius 3 is 2.08 bits per heavy atom. The molecule has 8 N–H and O–H groups in total. The summed E-state index contributed by atoms with van der Waals surface area (Å²) in [4.78, 5) is 43.6. The number of para-hydroxylation sites is 1. The number of fused-ring (bicyclic) bond motifs is 1. The average molecular weight is 1220 g/mol. The van der Waals surface area contributed by atoms with Crippen LogP contribution in [0.4, 0.5) is 0 Å². The fourth-order valence-electron chi connectivity index (χ4n) is 12.7. The molecular formula is C62H78N4O21. The normalized spacial score (nSPS) is 34.5. The number of likely N-dealkylation sites (tertiary alicyclic amines) is 1. The van der Waals surface area contributed by atoms with Gasteiger partial charge < -0.3 is 92.8 Å². The molecule has 25 nitrogen and oxygen atoms in total. The Kier molecular flexibility index (Phi) is 20.6. The molecule has 0 bridgehead atoms. The third-order valence-electron chi connectivity index (χ3n) is 17.8. The molecule has 87 heavy (non-hydrogen) atoms. The number of carbonyl (C=O) groups is 2. The fraction of sp³-hybridized carbons (Fsp3) is 0.597. The summed E-state index contributed by atoms with van der Waals surface area (Å²) in [7, 11) is 0. The van der Waals surface area contributed by atoms with Gasteiger partial charge in [-0.3, -0.25) is 4.79 Å². The van der Waals surface area contributed by atoms with Crippen LogP contribution in [0.25, 0.3) is 22.2 Å². The molecule has 6 aliphatic rings. The first-order chi connectivity index (χ1) is 42.2. The van der Waals surface area contributed by atoms with E-state index in [1.165, 1.54) is 23.7 Å². The third-order valence-corrected chi connectivity index (χ3v) is 17.8. The zero-order valence-corrected chi connectivity index (χ0v) is 48.1. The van der Waals surface area contributed by atoms with E-state index in [1.54, 1.807) is 59.6 Å². The molecule has 2 aliphatic carbocycles. The number of esters is 1. The Bertz CT molecular complexity index is 3090. The van der Waals surface area contributed by atoms with Crippen LogP contribution in [0.15, 0.2) is 106 Å². The molecular weight excluding hydrogens is 1140 g/mol. The molecule has 472 valence electrons. The number of amides is 1. The Labute approximate surface area is 501 Å². The Hall–Kier alpha value is -5.69. The smallest absolute Gasteiger partial charge is 0.341 e. The lowest BCUT2D eigenvalue weighted by Crippen LogP contribution is -2.64. The van der Waals surface area contributed by atoms with Gasteiger partial charge >= 0.3 is 11.6 Å². The number of nitrogens with zero attached hydrogens (tertiary/aromatic N) is 4. The molecule has 5 aromatic rings. The molecule has 0 spiro atoms. The van der Waals surface area contributed by atoms with E-state index < -0.39 is 154 Å². The summed E-state index contributed by atoms with van der Waals surface area (Å²) < 4.78 is 65.0. The quantitative estimate of drug-likeness (QED) is 0.0384. The standard InChI is InChI=1S/C62H78N4O21/c1-33-47(69)50(72)51(73)61(80-33)87-53-41(66-28-40(63-64-66)36-16-7-3-8-17-36)24-35(31-79-60-52(74)54(48(70)45(29-67)84-60)78-32-39-27-38-20-11-12-21-42(38)82-59(39)77)26-43(53)83-62-56(86-58(76)37-18-9-4-10-19-37)55(49(71)46(30-68)85-62)81-44(57(75)65-22-13-23-65)25-34-14-5-2-6-15-34/h3-4,7-12,16-21,27-28,33-35,41,43-56,60-62,67-74H,2,5-6,13-15,22-26,29-32H2,1H3/t33?,35?,41?,43-,44+,45?,46?,47-,48-,49+,50?,51?,52?,53?,54?,55?,56?,60+,61+,62-/m1/s1. The molecule has 2 saturated carbocycles. The highest BCUT2D eigenvalue weighted by Gasteiger charge is 2.55. The predicted molar refractivity (Wildman–Crippen MR) is 303 cm³/mol. The van der Waals surface area contributed by atoms with Gasteiger partial charge in [0, 0.05) is 24.0 Å². The van der Waals surface area contributed by atoms with E-state index in [1.807, 2.05) is 30.3 Å². The van der Waals surface area contributed by atoms with Crippen molar-refractivity contribution in [2.75, 3.05) is 32.9 Å². The van der Waals surface area contributed by atoms with E-state index in [0.29, 0.717) is 41.7 Å². The van der Waals surface area contributed by atoms with Gasteiger partial charge in [-0.15, -0.1) is 5.10 Å². The summed E-state index contributed by atoms with van der Waals surface area (Å²) in [6.07, 6.45) is -19.6. The van der Waals surface area contributed by atoms with Crippen molar-refractivity contribution in [2.24, 2.45) is 11.8 Å². The van der Waals surface area contributed by atoms with Crippen molar-refractivity contribution in [1.29, 1.82) is 0 Å². The van der Waals surface area contributed by atoms with Crippen LogP contribution in [0.2, 0.25) is 0 Å². The van der Waals surface area contributed by atoms with Crippen LogP contribution in [0.3, 0.4) is 0 Å². The maximum absolute atomic E-state index is 14.4. The van der Waals surface area contributed by atoms with Gasteiger partial charge in [-0.2, -0.15) is 0 Å². The number of benzene rings is 3. The fourth-order valence-corrected chi connectivity index (χ4v) is 12.7. The van der Waals surface area contributed by atoms with Gasteiger partial charge in [-0.1, -0.05) is 104 Å². The van der Waals surface area contributed by atoms with Crippen LogP contribution in [0, 0.1) is 11.8 Å². The van der Waals surface area contributed by atoms with Crippen molar-refractivity contribution in [3.63, 3.8) is 0 Å². The minimum Gasteiger partial charge on any atom is -0.450 e. The highest BCUT2D eigenvalue weighted by atomic mass is 16.8. The average Bonchev–Trinajstić information content (AvgIpc) is 2.32. The van der Waals surface area contributed by atoms with Crippen molar-refractivity contribution in [2.45, 2.75) is 188 Å². The van der Waals surface area contributed by atoms with Gasteiger partial charge in [0.15, 0.2) is 25.0 Å². The van der Waals surface area contributed by atoms with Crippen molar-refractivity contribution in [3.8, 4) is 11.3 Å². The molecule has 6 fully saturated rings. The molecule has 20 atom stereocenters. The van der Waals surface area contributed by atoms with E-state index in [4.69, 9.17) is 47.0 Å². The van der Waals surface area contributed by atoms with Gasteiger partial charge in [0.05, 0.1) is 62.0 Å².